The van der Waals surface area contributed by atoms with Crippen LogP contribution in [-0.2, 0) is 6.42 Å². The summed E-state index contributed by atoms with van der Waals surface area (Å²) in [6, 6.07) is 4.08. The highest BCUT2D eigenvalue weighted by atomic mass is 35.5. The monoisotopic (exact) mass is 175 g/mol. The van der Waals surface area contributed by atoms with Crippen molar-refractivity contribution in [2.45, 2.75) is 25.8 Å². The summed E-state index contributed by atoms with van der Waals surface area (Å²) in [5.41, 5.74) is 5.70. The Labute approximate surface area is 73.2 Å². The van der Waals surface area contributed by atoms with Crippen molar-refractivity contribution in [3.8, 4) is 0 Å². The van der Waals surface area contributed by atoms with E-state index in [1.165, 1.54) is 0 Å². The molecule has 0 aromatic carbocycles. The second-order valence-electron chi connectivity index (χ2n) is 2.45. The van der Waals surface area contributed by atoms with Gasteiger partial charge in [-0.25, -0.2) is 0 Å². The Morgan fingerprint density at radius 1 is 1.64 bits per heavy atom. The third-order valence-corrected chi connectivity index (χ3v) is 1.57. The van der Waals surface area contributed by atoms with E-state index in [1.54, 1.807) is 6.26 Å². The van der Waals surface area contributed by atoms with E-state index >= 15 is 0 Å². The molecular weight excluding hydrogens is 162 g/mol. The molecule has 0 saturated heterocycles. The van der Waals surface area contributed by atoms with Crippen molar-refractivity contribution in [3.05, 3.63) is 24.2 Å². The summed E-state index contributed by atoms with van der Waals surface area (Å²) in [6.07, 6.45) is 3.53. The van der Waals surface area contributed by atoms with Crippen LogP contribution in [0.5, 0.6) is 0 Å². The maximum absolute atomic E-state index is 5.70. The van der Waals surface area contributed by atoms with E-state index in [9.17, 15) is 0 Å². The summed E-state index contributed by atoms with van der Waals surface area (Å²) in [6.45, 7) is 2.08. The van der Waals surface area contributed by atoms with Crippen LogP contribution in [0.1, 0.15) is 19.1 Å². The Bertz CT molecular complexity index is 174. The minimum atomic E-state index is 0. The van der Waals surface area contributed by atoms with Gasteiger partial charge < -0.3 is 10.2 Å². The first-order valence-electron chi connectivity index (χ1n) is 3.61. The van der Waals surface area contributed by atoms with Crippen LogP contribution in [0.3, 0.4) is 0 Å². The lowest BCUT2D eigenvalue weighted by Gasteiger charge is -2.03. The van der Waals surface area contributed by atoms with Crippen LogP contribution in [0.4, 0.5) is 0 Å². The van der Waals surface area contributed by atoms with Gasteiger partial charge in [-0.1, -0.05) is 6.92 Å². The minimum Gasteiger partial charge on any atom is -0.469 e. The zero-order chi connectivity index (χ0) is 7.40. The van der Waals surface area contributed by atoms with Crippen molar-refractivity contribution in [3.63, 3.8) is 0 Å². The second kappa shape index (κ2) is 5.22. The Morgan fingerprint density at radius 2 is 2.36 bits per heavy atom. The molecule has 0 aliphatic rings. The molecule has 0 spiro atoms. The van der Waals surface area contributed by atoms with Gasteiger partial charge in [-0.05, 0) is 18.6 Å². The lowest BCUT2D eigenvalue weighted by molar-refractivity contribution is 0.480. The lowest BCUT2D eigenvalue weighted by atomic mass is 10.1. The van der Waals surface area contributed by atoms with Gasteiger partial charge in [-0.15, -0.1) is 12.4 Å². The zero-order valence-corrected chi connectivity index (χ0v) is 7.43. The maximum atomic E-state index is 5.70. The number of rotatable bonds is 3. The molecule has 1 atom stereocenters. The molecule has 11 heavy (non-hydrogen) atoms. The van der Waals surface area contributed by atoms with Gasteiger partial charge in [-0.2, -0.15) is 0 Å². The Morgan fingerprint density at radius 3 is 2.82 bits per heavy atom. The molecule has 0 bridgehead atoms. The fraction of sp³-hybridized carbons (Fsp3) is 0.500. The molecule has 0 fully saturated rings. The second-order valence-corrected chi connectivity index (χ2v) is 2.45. The SMILES string of the molecule is CCC(N)Cc1ccco1.Cl. The van der Waals surface area contributed by atoms with Gasteiger partial charge in [0.05, 0.1) is 6.26 Å². The van der Waals surface area contributed by atoms with Gasteiger partial charge in [0, 0.05) is 12.5 Å². The average Bonchev–Trinajstić information content (AvgIpc) is 2.40. The quantitative estimate of drug-likeness (QED) is 0.763. The molecule has 0 aliphatic heterocycles. The Kier molecular flexibility index (Phi) is 4.99. The topological polar surface area (TPSA) is 39.2 Å². The van der Waals surface area contributed by atoms with E-state index in [4.69, 9.17) is 10.2 Å². The van der Waals surface area contributed by atoms with Crippen LogP contribution in [-0.4, -0.2) is 6.04 Å². The molecule has 0 saturated carbocycles. The van der Waals surface area contributed by atoms with Gasteiger partial charge in [-0.3, -0.25) is 0 Å². The molecule has 2 N–H and O–H groups in total. The highest BCUT2D eigenvalue weighted by Crippen LogP contribution is 2.03. The molecule has 3 heteroatoms. The predicted octanol–water partition coefficient (Wildman–Crippen LogP) is 1.98. The van der Waals surface area contributed by atoms with Gasteiger partial charge in [0.1, 0.15) is 5.76 Å². The summed E-state index contributed by atoms with van der Waals surface area (Å²) >= 11 is 0. The van der Waals surface area contributed by atoms with Crippen molar-refractivity contribution < 1.29 is 4.42 Å². The fourth-order valence-corrected chi connectivity index (χ4v) is 0.831. The van der Waals surface area contributed by atoms with E-state index in [-0.39, 0.29) is 18.4 Å². The van der Waals surface area contributed by atoms with Crippen LogP contribution in [0.2, 0.25) is 0 Å². The standard InChI is InChI=1S/C8H13NO.ClH/c1-2-7(9)6-8-4-3-5-10-8;/h3-5,7H,2,6,9H2,1H3;1H. The lowest BCUT2D eigenvalue weighted by Crippen LogP contribution is -2.20. The highest BCUT2D eigenvalue weighted by molar-refractivity contribution is 5.85. The molecule has 1 aromatic heterocycles. The van der Waals surface area contributed by atoms with Crippen LogP contribution < -0.4 is 5.73 Å². The average molecular weight is 176 g/mol. The molecule has 1 rings (SSSR count). The molecular formula is C8H14ClNO. The van der Waals surface area contributed by atoms with E-state index in [1.807, 2.05) is 12.1 Å². The van der Waals surface area contributed by atoms with Crippen LogP contribution in [0.25, 0.3) is 0 Å². The molecule has 1 heterocycles. The molecule has 0 radical (unpaired) electrons. The number of hydrogen-bond donors (Lipinski definition) is 1. The smallest absolute Gasteiger partial charge is 0.105 e. The number of halogens is 1. The summed E-state index contributed by atoms with van der Waals surface area (Å²) in [7, 11) is 0. The van der Waals surface area contributed by atoms with Crippen LogP contribution in [0.15, 0.2) is 22.8 Å². The van der Waals surface area contributed by atoms with Crippen molar-refractivity contribution in [2.24, 2.45) is 5.73 Å². The number of nitrogens with two attached hydrogens (primary N) is 1. The van der Waals surface area contributed by atoms with Crippen molar-refractivity contribution >= 4 is 12.4 Å². The molecule has 0 amide bonds. The Balaban J connectivity index is 0.000001000. The summed E-state index contributed by atoms with van der Waals surface area (Å²) in [5.74, 6) is 0.981. The van der Waals surface area contributed by atoms with Gasteiger partial charge >= 0.3 is 0 Å². The molecule has 64 valence electrons. The zero-order valence-electron chi connectivity index (χ0n) is 6.62. The van der Waals surface area contributed by atoms with Crippen LogP contribution in [0, 0.1) is 0 Å². The molecule has 0 aliphatic carbocycles. The van der Waals surface area contributed by atoms with Gasteiger partial charge in [0.2, 0.25) is 0 Å². The first-order valence-corrected chi connectivity index (χ1v) is 3.61. The van der Waals surface area contributed by atoms with Crippen molar-refractivity contribution in [1.82, 2.24) is 0 Å². The largest absolute Gasteiger partial charge is 0.469 e. The van der Waals surface area contributed by atoms with Crippen molar-refractivity contribution in [2.75, 3.05) is 0 Å². The van der Waals surface area contributed by atoms with Crippen molar-refractivity contribution in [1.29, 1.82) is 0 Å². The van der Waals surface area contributed by atoms with Gasteiger partial charge in [0.25, 0.3) is 0 Å². The maximum Gasteiger partial charge on any atom is 0.105 e. The normalized spacial score (nSPS) is 12.2. The molecule has 2 nitrogen and oxygen atoms in total. The summed E-state index contributed by atoms with van der Waals surface area (Å²) in [4.78, 5) is 0. The van der Waals surface area contributed by atoms with E-state index in [0.29, 0.717) is 0 Å². The third kappa shape index (κ3) is 3.44. The first kappa shape index (κ1) is 10.5. The van der Waals surface area contributed by atoms with Crippen LogP contribution >= 0.6 is 12.4 Å². The highest BCUT2D eigenvalue weighted by Gasteiger charge is 2.01. The van der Waals surface area contributed by atoms with E-state index < -0.39 is 0 Å². The molecule has 1 unspecified atom stereocenters. The fourth-order valence-electron chi connectivity index (χ4n) is 0.831. The van der Waals surface area contributed by atoms with E-state index in [0.717, 1.165) is 18.6 Å². The summed E-state index contributed by atoms with van der Waals surface area (Å²) < 4.78 is 5.13. The Hall–Kier alpha value is -0.470. The summed E-state index contributed by atoms with van der Waals surface area (Å²) in [5, 5.41) is 0. The molecule has 1 aromatic rings. The third-order valence-electron chi connectivity index (χ3n) is 1.57. The number of furan rings is 1. The predicted molar refractivity (Wildman–Crippen MR) is 47.9 cm³/mol. The minimum absolute atomic E-state index is 0. The first-order chi connectivity index (χ1) is 4.83. The number of hydrogen-bond acceptors (Lipinski definition) is 2. The van der Waals surface area contributed by atoms with E-state index in [2.05, 4.69) is 6.92 Å². The van der Waals surface area contributed by atoms with Gasteiger partial charge in [0.15, 0.2) is 0 Å².